The third-order valence-corrected chi connectivity index (χ3v) is 2.75. The SMILES string of the molecule is CCCn1c(N)c(C(=O)COC(=O)COCC)c(=O)[nH]c1=O. The first-order chi connectivity index (χ1) is 10.4. The minimum Gasteiger partial charge on any atom is -0.456 e. The Labute approximate surface area is 126 Å². The molecule has 0 aliphatic carbocycles. The molecule has 0 atom stereocenters. The van der Waals surface area contributed by atoms with Gasteiger partial charge in [-0.1, -0.05) is 6.92 Å². The molecule has 0 saturated carbocycles. The van der Waals surface area contributed by atoms with E-state index in [1.165, 1.54) is 0 Å². The highest BCUT2D eigenvalue weighted by atomic mass is 16.6. The second-order valence-electron chi connectivity index (χ2n) is 4.39. The van der Waals surface area contributed by atoms with Crippen molar-refractivity contribution in [3.63, 3.8) is 0 Å². The molecule has 0 unspecified atom stereocenters. The van der Waals surface area contributed by atoms with Gasteiger partial charge in [0.2, 0.25) is 5.78 Å². The van der Waals surface area contributed by atoms with Crippen LogP contribution in [-0.2, 0) is 20.8 Å². The van der Waals surface area contributed by atoms with E-state index in [0.717, 1.165) is 4.57 Å². The van der Waals surface area contributed by atoms with E-state index < -0.39 is 35.2 Å². The van der Waals surface area contributed by atoms with Crippen molar-refractivity contribution in [2.45, 2.75) is 26.8 Å². The summed E-state index contributed by atoms with van der Waals surface area (Å²) in [4.78, 5) is 48.6. The number of nitrogens with two attached hydrogens (primary N) is 1. The maximum absolute atomic E-state index is 12.0. The molecular weight excluding hydrogens is 294 g/mol. The van der Waals surface area contributed by atoms with Gasteiger partial charge in [0.25, 0.3) is 5.56 Å². The van der Waals surface area contributed by atoms with Crippen LogP contribution in [0.2, 0.25) is 0 Å². The Morgan fingerprint density at radius 3 is 2.50 bits per heavy atom. The molecule has 0 bridgehead atoms. The summed E-state index contributed by atoms with van der Waals surface area (Å²) in [6, 6.07) is 0. The second kappa shape index (κ2) is 8.13. The number of aromatic amines is 1. The van der Waals surface area contributed by atoms with Crippen LogP contribution in [0.4, 0.5) is 5.82 Å². The van der Waals surface area contributed by atoms with Crippen molar-refractivity contribution in [2.24, 2.45) is 0 Å². The van der Waals surface area contributed by atoms with E-state index in [2.05, 4.69) is 0 Å². The number of rotatable bonds is 8. The van der Waals surface area contributed by atoms with Crippen LogP contribution in [-0.4, -0.2) is 41.1 Å². The molecule has 3 N–H and O–H groups in total. The molecule has 0 fully saturated rings. The first kappa shape index (κ1) is 17.6. The van der Waals surface area contributed by atoms with Crippen LogP contribution < -0.4 is 17.0 Å². The molecule has 1 rings (SSSR count). The van der Waals surface area contributed by atoms with Crippen LogP contribution in [0.3, 0.4) is 0 Å². The van der Waals surface area contributed by atoms with Gasteiger partial charge in [0.1, 0.15) is 18.0 Å². The summed E-state index contributed by atoms with van der Waals surface area (Å²) in [7, 11) is 0. The molecule has 0 aliphatic rings. The Morgan fingerprint density at radius 2 is 1.91 bits per heavy atom. The molecule has 122 valence electrons. The van der Waals surface area contributed by atoms with Crippen molar-refractivity contribution in [2.75, 3.05) is 25.6 Å². The first-order valence-corrected chi connectivity index (χ1v) is 6.81. The summed E-state index contributed by atoms with van der Waals surface area (Å²) in [6.07, 6.45) is 0.590. The molecule has 0 aliphatic heterocycles. The molecule has 1 aromatic rings. The fourth-order valence-corrected chi connectivity index (χ4v) is 1.75. The van der Waals surface area contributed by atoms with Crippen LogP contribution >= 0.6 is 0 Å². The fourth-order valence-electron chi connectivity index (χ4n) is 1.75. The van der Waals surface area contributed by atoms with Gasteiger partial charge in [0.15, 0.2) is 6.61 Å². The maximum atomic E-state index is 12.0. The lowest BCUT2D eigenvalue weighted by atomic mass is 10.2. The Hall–Kier alpha value is -2.42. The number of hydrogen-bond acceptors (Lipinski definition) is 7. The summed E-state index contributed by atoms with van der Waals surface area (Å²) in [6.45, 7) is 3.17. The van der Waals surface area contributed by atoms with Crippen LogP contribution in [0.15, 0.2) is 9.59 Å². The number of hydrogen-bond donors (Lipinski definition) is 2. The minimum atomic E-state index is -0.902. The zero-order valence-electron chi connectivity index (χ0n) is 12.5. The molecule has 0 saturated heterocycles. The Morgan fingerprint density at radius 1 is 1.23 bits per heavy atom. The molecule has 9 heteroatoms. The van der Waals surface area contributed by atoms with Crippen molar-refractivity contribution in [3.8, 4) is 0 Å². The normalized spacial score (nSPS) is 10.5. The number of H-pyrrole nitrogens is 1. The molecule has 0 spiro atoms. The van der Waals surface area contributed by atoms with Crippen molar-refractivity contribution in [1.82, 2.24) is 9.55 Å². The molecule has 0 aromatic carbocycles. The van der Waals surface area contributed by atoms with Gasteiger partial charge in [0.05, 0.1) is 0 Å². The van der Waals surface area contributed by atoms with Crippen molar-refractivity contribution in [1.29, 1.82) is 0 Å². The zero-order valence-corrected chi connectivity index (χ0v) is 12.5. The summed E-state index contributed by atoms with van der Waals surface area (Å²) >= 11 is 0. The van der Waals surface area contributed by atoms with E-state index in [9.17, 15) is 19.2 Å². The van der Waals surface area contributed by atoms with Gasteiger partial charge in [-0.25, -0.2) is 9.59 Å². The number of nitrogens with one attached hydrogen (secondary N) is 1. The second-order valence-corrected chi connectivity index (χ2v) is 4.39. The fraction of sp³-hybridized carbons (Fsp3) is 0.538. The van der Waals surface area contributed by atoms with E-state index in [0.29, 0.717) is 13.0 Å². The van der Waals surface area contributed by atoms with Gasteiger partial charge in [-0.05, 0) is 13.3 Å². The van der Waals surface area contributed by atoms with Crippen LogP contribution in [0.1, 0.15) is 30.6 Å². The number of carbonyl (C=O) groups excluding carboxylic acids is 2. The number of esters is 1. The van der Waals surface area contributed by atoms with Gasteiger partial charge < -0.3 is 15.2 Å². The third-order valence-electron chi connectivity index (χ3n) is 2.75. The van der Waals surface area contributed by atoms with Gasteiger partial charge in [0, 0.05) is 13.2 Å². The zero-order chi connectivity index (χ0) is 16.7. The highest BCUT2D eigenvalue weighted by molar-refractivity contribution is 6.01. The first-order valence-electron chi connectivity index (χ1n) is 6.81. The molecule has 0 amide bonds. The van der Waals surface area contributed by atoms with Crippen LogP contribution in [0, 0.1) is 0 Å². The Bertz CT molecular complexity index is 661. The average Bonchev–Trinajstić information content (AvgIpc) is 2.47. The minimum absolute atomic E-state index is 0.235. The molecule has 0 radical (unpaired) electrons. The van der Waals surface area contributed by atoms with Gasteiger partial charge >= 0.3 is 11.7 Å². The smallest absolute Gasteiger partial charge is 0.332 e. The highest BCUT2D eigenvalue weighted by Gasteiger charge is 2.20. The number of anilines is 1. The van der Waals surface area contributed by atoms with E-state index in [4.69, 9.17) is 15.2 Å². The van der Waals surface area contributed by atoms with E-state index in [-0.39, 0.29) is 19.0 Å². The average molecular weight is 313 g/mol. The standard InChI is InChI=1S/C13H19N3O6/c1-3-5-16-11(14)10(12(19)15-13(16)20)8(17)6-22-9(18)7-21-4-2/h3-7,14H2,1-2H3,(H,15,19,20). The molecular formula is C13H19N3O6. The number of ether oxygens (including phenoxy) is 2. The van der Waals surface area contributed by atoms with Gasteiger partial charge in [-0.3, -0.25) is 19.1 Å². The third kappa shape index (κ3) is 4.29. The largest absolute Gasteiger partial charge is 0.456 e. The summed E-state index contributed by atoms with van der Waals surface area (Å²) in [5.74, 6) is -1.75. The Kier molecular flexibility index (Phi) is 6.51. The van der Waals surface area contributed by atoms with Gasteiger partial charge in [-0.15, -0.1) is 0 Å². The van der Waals surface area contributed by atoms with E-state index in [1.54, 1.807) is 6.92 Å². The number of nitrogens with zero attached hydrogens (tertiary/aromatic N) is 1. The van der Waals surface area contributed by atoms with Crippen molar-refractivity contribution < 1.29 is 19.1 Å². The molecule has 1 heterocycles. The van der Waals surface area contributed by atoms with Gasteiger partial charge in [-0.2, -0.15) is 0 Å². The number of ketones is 1. The van der Waals surface area contributed by atoms with E-state index in [1.807, 2.05) is 11.9 Å². The summed E-state index contributed by atoms with van der Waals surface area (Å²) < 4.78 is 10.6. The lowest BCUT2D eigenvalue weighted by Gasteiger charge is -2.11. The topological polar surface area (TPSA) is 133 Å². The number of Topliss-reactive ketones (excluding diaryl/α,β-unsaturated/α-hetero) is 1. The van der Waals surface area contributed by atoms with Crippen LogP contribution in [0.25, 0.3) is 0 Å². The monoisotopic (exact) mass is 313 g/mol. The number of nitrogen functional groups attached to an aromatic ring is 1. The summed E-state index contributed by atoms with van der Waals surface area (Å²) in [5.41, 5.74) is 3.74. The Balaban J connectivity index is 2.94. The predicted molar refractivity (Wildman–Crippen MR) is 77.8 cm³/mol. The van der Waals surface area contributed by atoms with E-state index >= 15 is 0 Å². The number of carbonyl (C=O) groups is 2. The lowest BCUT2D eigenvalue weighted by Crippen LogP contribution is -2.37. The molecule has 9 nitrogen and oxygen atoms in total. The van der Waals surface area contributed by atoms with Crippen molar-refractivity contribution >= 4 is 17.6 Å². The highest BCUT2D eigenvalue weighted by Crippen LogP contribution is 2.06. The molecule has 1 aromatic heterocycles. The van der Waals surface area contributed by atoms with Crippen LogP contribution in [0.5, 0.6) is 0 Å². The van der Waals surface area contributed by atoms with Crippen molar-refractivity contribution in [3.05, 3.63) is 26.4 Å². The maximum Gasteiger partial charge on any atom is 0.332 e. The number of aromatic nitrogens is 2. The predicted octanol–water partition coefficient (Wildman–Crippen LogP) is -0.709. The quantitative estimate of drug-likeness (QED) is 0.478. The summed E-state index contributed by atoms with van der Waals surface area (Å²) in [5, 5.41) is 0. The lowest BCUT2D eigenvalue weighted by molar-refractivity contribution is -0.147. The molecule has 22 heavy (non-hydrogen) atoms.